The molecule has 0 amide bonds. The number of anilines is 1. The summed E-state index contributed by atoms with van der Waals surface area (Å²) in [5, 5.41) is 5.68. The minimum atomic E-state index is -0.369. The van der Waals surface area contributed by atoms with Gasteiger partial charge in [-0.3, -0.25) is 0 Å². The van der Waals surface area contributed by atoms with Gasteiger partial charge in [0, 0.05) is 19.0 Å². The number of carbonyl (C=O) groups is 1. The van der Waals surface area contributed by atoms with Gasteiger partial charge in [-0.15, -0.1) is 11.3 Å². The number of hydrogen-bond acceptors (Lipinski definition) is 6. The highest BCUT2D eigenvalue weighted by Crippen LogP contribution is 2.35. The Balaban J connectivity index is 1.88. The Morgan fingerprint density at radius 1 is 1.61 bits per heavy atom. The van der Waals surface area contributed by atoms with Crippen molar-refractivity contribution in [3.8, 4) is 0 Å². The molecular weight excluding hydrogens is 252 g/mol. The smallest absolute Gasteiger partial charge is 0.357 e. The fourth-order valence-corrected chi connectivity index (χ4v) is 2.59. The van der Waals surface area contributed by atoms with Crippen molar-refractivity contribution in [2.24, 2.45) is 0 Å². The van der Waals surface area contributed by atoms with Gasteiger partial charge in [-0.2, -0.15) is 0 Å². The van der Waals surface area contributed by atoms with E-state index in [-0.39, 0.29) is 11.6 Å². The number of thiazole rings is 1. The zero-order valence-electron chi connectivity index (χ0n) is 10.7. The number of aromatic nitrogens is 1. The van der Waals surface area contributed by atoms with Gasteiger partial charge in [0.1, 0.15) is 0 Å². The first-order valence-corrected chi connectivity index (χ1v) is 6.99. The van der Waals surface area contributed by atoms with E-state index in [1.54, 1.807) is 19.4 Å². The predicted molar refractivity (Wildman–Crippen MR) is 70.2 cm³/mol. The number of carbonyl (C=O) groups excluding carboxylic acids is 1. The highest BCUT2D eigenvalue weighted by molar-refractivity contribution is 7.13. The second-order valence-corrected chi connectivity index (χ2v) is 5.21. The molecule has 0 radical (unpaired) electrons. The molecule has 1 aliphatic carbocycles. The van der Waals surface area contributed by atoms with Crippen LogP contribution < -0.4 is 5.32 Å². The van der Waals surface area contributed by atoms with E-state index < -0.39 is 0 Å². The van der Waals surface area contributed by atoms with E-state index in [0.29, 0.717) is 12.3 Å². The average molecular weight is 270 g/mol. The fourth-order valence-electron chi connectivity index (χ4n) is 1.91. The van der Waals surface area contributed by atoms with Crippen molar-refractivity contribution in [1.29, 1.82) is 0 Å². The van der Waals surface area contributed by atoms with E-state index in [2.05, 4.69) is 10.3 Å². The van der Waals surface area contributed by atoms with E-state index in [1.807, 2.05) is 0 Å². The molecule has 1 aromatic rings. The van der Waals surface area contributed by atoms with Gasteiger partial charge in [-0.1, -0.05) is 0 Å². The third-order valence-electron chi connectivity index (χ3n) is 3.25. The maximum Gasteiger partial charge on any atom is 0.357 e. The Morgan fingerprint density at radius 2 is 2.39 bits per heavy atom. The molecule has 0 aliphatic heterocycles. The minimum absolute atomic E-state index is 0.0459. The number of nitrogens with one attached hydrogen (secondary N) is 1. The Hall–Kier alpha value is -1.14. The van der Waals surface area contributed by atoms with Gasteiger partial charge in [-0.05, 0) is 26.2 Å². The average Bonchev–Trinajstić information content (AvgIpc) is 2.77. The first-order valence-electron chi connectivity index (χ1n) is 6.11. The first-order chi connectivity index (χ1) is 8.69. The molecule has 1 aromatic heterocycles. The lowest BCUT2D eigenvalue weighted by atomic mass is 9.80. The maximum atomic E-state index is 11.5. The van der Waals surface area contributed by atoms with Crippen molar-refractivity contribution in [2.45, 2.75) is 31.8 Å². The van der Waals surface area contributed by atoms with E-state index in [4.69, 9.17) is 9.47 Å². The summed E-state index contributed by atoms with van der Waals surface area (Å²) in [6.07, 6.45) is 3.36. The molecule has 1 fully saturated rings. The van der Waals surface area contributed by atoms with Crippen LogP contribution in [0, 0.1) is 0 Å². The van der Waals surface area contributed by atoms with E-state index >= 15 is 0 Å². The fraction of sp³-hybridized carbons (Fsp3) is 0.667. The van der Waals surface area contributed by atoms with Crippen LogP contribution in [-0.2, 0) is 9.47 Å². The summed E-state index contributed by atoms with van der Waals surface area (Å²) in [7, 11) is 1.74. The lowest BCUT2D eigenvalue weighted by Crippen LogP contribution is -2.45. The molecule has 0 bridgehead atoms. The third-order valence-corrected chi connectivity index (χ3v) is 4.05. The second-order valence-electron chi connectivity index (χ2n) is 4.35. The highest BCUT2D eigenvalue weighted by atomic mass is 32.1. The molecule has 1 saturated carbocycles. The van der Waals surface area contributed by atoms with Crippen molar-refractivity contribution in [3.63, 3.8) is 0 Å². The van der Waals surface area contributed by atoms with Crippen molar-refractivity contribution in [1.82, 2.24) is 4.98 Å². The number of ether oxygens (including phenoxy) is 2. The van der Waals surface area contributed by atoms with Gasteiger partial charge in [-0.25, -0.2) is 9.78 Å². The zero-order chi connectivity index (χ0) is 13.0. The summed E-state index contributed by atoms with van der Waals surface area (Å²) in [5.74, 6) is -0.369. The Morgan fingerprint density at radius 3 is 2.94 bits per heavy atom. The molecule has 2 rings (SSSR count). The van der Waals surface area contributed by atoms with Gasteiger partial charge in [0.15, 0.2) is 10.8 Å². The maximum absolute atomic E-state index is 11.5. The summed E-state index contributed by atoms with van der Waals surface area (Å²) in [5.41, 5.74) is 0.319. The van der Waals surface area contributed by atoms with Crippen LogP contribution in [0.1, 0.15) is 36.7 Å². The molecule has 18 heavy (non-hydrogen) atoms. The van der Waals surface area contributed by atoms with Crippen molar-refractivity contribution in [3.05, 3.63) is 11.1 Å². The van der Waals surface area contributed by atoms with E-state index in [9.17, 15) is 4.79 Å². The molecule has 0 spiro atoms. The van der Waals surface area contributed by atoms with Crippen LogP contribution in [0.3, 0.4) is 0 Å². The molecule has 0 atom stereocenters. The summed E-state index contributed by atoms with van der Waals surface area (Å²) < 4.78 is 10.4. The molecule has 0 aromatic carbocycles. The lowest BCUT2D eigenvalue weighted by Gasteiger charge is -2.40. The number of nitrogens with zero attached hydrogens (tertiary/aromatic N) is 1. The third kappa shape index (κ3) is 2.81. The van der Waals surface area contributed by atoms with Crippen LogP contribution in [0.4, 0.5) is 5.13 Å². The normalized spacial score (nSPS) is 17.0. The van der Waals surface area contributed by atoms with Crippen LogP contribution in [0.25, 0.3) is 0 Å². The molecule has 1 N–H and O–H groups in total. The van der Waals surface area contributed by atoms with Gasteiger partial charge in [0.2, 0.25) is 0 Å². The monoisotopic (exact) mass is 270 g/mol. The van der Waals surface area contributed by atoms with Gasteiger partial charge in [0.25, 0.3) is 0 Å². The van der Waals surface area contributed by atoms with Gasteiger partial charge < -0.3 is 14.8 Å². The van der Waals surface area contributed by atoms with Crippen molar-refractivity contribution < 1.29 is 14.3 Å². The number of rotatable bonds is 6. The number of hydrogen-bond donors (Lipinski definition) is 1. The molecule has 0 saturated heterocycles. The number of esters is 1. The number of methoxy groups -OCH3 is 1. The van der Waals surface area contributed by atoms with E-state index in [1.165, 1.54) is 17.8 Å². The van der Waals surface area contributed by atoms with Crippen LogP contribution >= 0.6 is 11.3 Å². The summed E-state index contributed by atoms with van der Waals surface area (Å²) in [4.78, 5) is 15.7. The van der Waals surface area contributed by atoms with Crippen LogP contribution in [0.5, 0.6) is 0 Å². The lowest BCUT2D eigenvalue weighted by molar-refractivity contribution is -0.0601. The molecule has 1 aliphatic rings. The summed E-state index contributed by atoms with van der Waals surface area (Å²) in [6.45, 7) is 2.88. The standard InChI is InChI=1S/C12H18N2O3S/c1-3-17-10(15)9-7-18-11(14-9)13-8-12(16-2)5-4-6-12/h7H,3-6,8H2,1-2H3,(H,13,14). The largest absolute Gasteiger partial charge is 0.461 e. The van der Waals surface area contributed by atoms with Crippen LogP contribution in [0.15, 0.2) is 5.38 Å². The van der Waals surface area contributed by atoms with Crippen LogP contribution in [-0.4, -0.2) is 36.8 Å². The molecule has 6 heteroatoms. The highest BCUT2D eigenvalue weighted by Gasteiger charge is 2.36. The zero-order valence-corrected chi connectivity index (χ0v) is 11.5. The Bertz CT molecular complexity index is 410. The minimum Gasteiger partial charge on any atom is -0.461 e. The van der Waals surface area contributed by atoms with Crippen molar-refractivity contribution in [2.75, 3.05) is 25.6 Å². The van der Waals surface area contributed by atoms with Crippen LogP contribution in [0.2, 0.25) is 0 Å². The Labute approximate surface area is 111 Å². The molecular formula is C12H18N2O3S. The SMILES string of the molecule is CCOC(=O)c1csc(NCC2(OC)CCC2)n1. The molecule has 0 unspecified atom stereocenters. The first kappa shape index (κ1) is 13.3. The molecule has 5 nitrogen and oxygen atoms in total. The van der Waals surface area contributed by atoms with Gasteiger partial charge >= 0.3 is 5.97 Å². The summed E-state index contributed by atoms with van der Waals surface area (Å²) in [6, 6.07) is 0. The topological polar surface area (TPSA) is 60.5 Å². The van der Waals surface area contributed by atoms with Gasteiger partial charge in [0.05, 0.1) is 12.2 Å². The van der Waals surface area contributed by atoms with Crippen molar-refractivity contribution >= 4 is 22.4 Å². The van der Waals surface area contributed by atoms with E-state index in [0.717, 1.165) is 24.5 Å². The Kier molecular flexibility index (Phi) is 4.19. The quantitative estimate of drug-likeness (QED) is 0.804. The second kappa shape index (κ2) is 5.67. The molecule has 1 heterocycles. The summed E-state index contributed by atoms with van der Waals surface area (Å²) >= 11 is 1.41. The molecule has 100 valence electrons. The predicted octanol–water partition coefficient (Wildman–Crippen LogP) is 2.30.